The lowest BCUT2D eigenvalue weighted by Gasteiger charge is -2.12. The number of hydrogen-bond acceptors (Lipinski definition) is 2. The van der Waals surface area contributed by atoms with Crippen molar-refractivity contribution in [2.24, 2.45) is 0 Å². The molecule has 0 aliphatic heterocycles. The molecule has 0 N–H and O–H groups in total. The van der Waals surface area contributed by atoms with Crippen LogP contribution in [-0.4, -0.2) is 19.1 Å². The maximum atomic E-state index is 5.23. The molecule has 4 heteroatoms. The van der Waals surface area contributed by atoms with E-state index < -0.39 is 0 Å². The maximum Gasteiger partial charge on any atom is 0.162 e. The molecule has 3 heterocycles. The minimum absolute atomic E-state index is 0.696. The smallest absolute Gasteiger partial charge is 0.162 e. The van der Waals surface area contributed by atoms with Gasteiger partial charge in [-0.2, -0.15) is 0 Å². The number of rotatable bonds is 7. The van der Waals surface area contributed by atoms with Gasteiger partial charge in [-0.1, -0.05) is 176 Å². The van der Waals surface area contributed by atoms with Crippen LogP contribution in [0.5, 0.6) is 0 Å². The Morgan fingerprint density at radius 3 is 1.32 bits per heavy atom. The van der Waals surface area contributed by atoms with Gasteiger partial charge in [-0.3, -0.25) is 4.57 Å². The van der Waals surface area contributed by atoms with E-state index in [1.54, 1.807) is 0 Å². The maximum absolute atomic E-state index is 5.23. The standard InChI is InChI=1S/C58H38N4/c1-4-15-39(16-5-1)40-27-29-41(30-28-40)44-21-14-22-47(35-44)61-53-25-12-10-23-48(53)50-36-45(31-33-55(50)61)46-32-34-56-51(37-46)49-24-11-13-26-54(49)62(56)57-38-52(42-17-6-2-7-18-42)59-58(60-57)43-19-8-3-9-20-43/h1-38H. The lowest BCUT2D eigenvalue weighted by molar-refractivity contribution is 1.05. The molecule has 0 radical (unpaired) electrons. The molecule has 0 unspecified atom stereocenters. The second kappa shape index (κ2) is 14.7. The van der Waals surface area contributed by atoms with E-state index in [1.165, 1.54) is 60.4 Å². The van der Waals surface area contributed by atoms with Crippen LogP contribution in [0.15, 0.2) is 231 Å². The Kier molecular flexibility index (Phi) is 8.46. The molecule has 0 atom stereocenters. The number of hydrogen-bond donors (Lipinski definition) is 0. The minimum atomic E-state index is 0.696. The first kappa shape index (κ1) is 35.6. The zero-order valence-corrected chi connectivity index (χ0v) is 33.7. The molecule has 12 aromatic rings. The van der Waals surface area contributed by atoms with Crippen LogP contribution < -0.4 is 0 Å². The molecule has 0 spiro atoms. The van der Waals surface area contributed by atoms with E-state index in [2.05, 4.69) is 215 Å². The Labute approximate surface area is 359 Å². The monoisotopic (exact) mass is 790 g/mol. The predicted molar refractivity (Wildman–Crippen MR) is 258 cm³/mol. The molecule has 0 saturated heterocycles. The van der Waals surface area contributed by atoms with Crippen LogP contribution in [0.1, 0.15) is 0 Å². The first-order chi connectivity index (χ1) is 30.7. The Bertz CT molecular complexity index is 3550. The van der Waals surface area contributed by atoms with Crippen molar-refractivity contribution in [3.05, 3.63) is 231 Å². The summed E-state index contributed by atoms with van der Waals surface area (Å²) in [5, 5.41) is 4.81. The molecule has 3 aromatic heterocycles. The minimum Gasteiger partial charge on any atom is -0.309 e. The highest BCUT2D eigenvalue weighted by Crippen LogP contribution is 2.39. The van der Waals surface area contributed by atoms with Crippen LogP contribution in [-0.2, 0) is 0 Å². The lowest BCUT2D eigenvalue weighted by Crippen LogP contribution is -2.02. The molecule has 0 aliphatic carbocycles. The van der Waals surface area contributed by atoms with Gasteiger partial charge in [0, 0.05) is 44.4 Å². The summed E-state index contributed by atoms with van der Waals surface area (Å²) in [6.45, 7) is 0. The fourth-order valence-electron chi connectivity index (χ4n) is 9.16. The first-order valence-corrected chi connectivity index (χ1v) is 21.1. The SMILES string of the molecule is c1ccc(-c2ccc(-c3cccc(-n4c5ccccc5c5cc(-c6ccc7c(c6)c6ccccc6n7-c6cc(-c7ccccc7)nc(-c7ccccc7)n6)ccc54)c3)cc2)cc1. The average Bonchev–Trinajstić information content (AvgIpc) is 3.87. The van der Waals surface area contributed by atoms with Gasteiger partial charge in [0.1, 0.15) is 5.82 Å². The quantitative estimate of drug-likeness (QED) is 0.161. The van der Waals surface area contributed by atoms with Gasteiger partial charge in [0.2, 0.25) is 0 Å². The van der Waals surface area contributed by atoms with Gasteiger partial charge < -0.3 is 4.57 Å². The molecule has 0 amide bonds. The van der Waals surface area contributed by atoms with Crippen molar-refractivity contribution in [1.82, 2.24) is 19.1 Å². The van der Waals surface area contributed by atoms with E-state index in [0.717, 1.165) is 44.9 Å². The first-order valence-electron chi connectivity index (χ1n) is 21.1. The second-order valence-corrected chi connectivity index (χ2v) is 15.8. The number of aromatic nitrogens is 4. The van der Waals surface area contributed by atoms with Gasteiger partial charge in [-0.25, -0.2) is 9.97 Å². The summed E-state index contributed by atoms with van der Waals surface area (Å²) in [4.78, 5) is 10.3. The van der Waals surface area contributed by atoms with Gasteiger partial charge in [-0.05, 0) is 81.9 Å². The number of fused-ring (bicyclic) bond motifs is 6. The fourth-order valence-corrected chi connectivity index (χ4v) is 9.16. The number of benzene rings is 9. The van der Waals surface area contributed by atoms with Crippen LogP contribution in [0.2, 0.25) is 0 Å². The van der Waals surface area contributed by atoms with Crippen molar-refractivity contribution in [1.29, 1.82) is 0 Å². The lowest BCUT2D eigenvalue weighted by atomic mass is 10.00. The van der Waals surface area contributed by atoms with Crippen molar-refractivity contribution < 1.29 is 0 Å². The summed E-state index contributed by atoms with van der Waals surface area (Å²) in [7, 11) is 0. The van der Waals surface area contributed by atoms with Crippen molar-refractivity contribution in [2.75, 3.05) is 0 Å². The Hall–Kier alpha value is -8.34. The highest BCUT2D eigenvalue weighted by atomic mass is 15.1. The third-order valence-corrected chi connectivity index (χ3v) is 12.2. The van der Waals surface area contributed by atoms with E-state index in [4.69, 9.17) is 9.97 Å². The van der Waals surface area contributed by atoms with E-state index in [0.29, 0.717) is 5.82 Å². The van der Waals surface area contributed by atoms with Crippen LogP contribution in [0, 0.1) is 0 Å². The fraction of sp³-hybridized carbons (Fsp3) is 0. The van der Waals surface area contributed by atoms with E-state index in [9.17, 15) is 0 Å². The number of para-hydroxylation sites is 2. The molecule has 12 rings (SSSR count). The Morgan fingerprint density at radius 2 is 0.694 bits per heavy atom. The molecule has 0 fully saturated rings. The van der Waals surface area contributed by atoms with Crippen LogP contribution >= 0.6 is 0 Å². The molecule has 4 nitrogen and oxygen atoms in total. The molecule has 9 aromatic carbocycles. The van der Waals surface area contributed by atoms with E-state index in [-0.39, 0.29) is 0 Å². The molecular formula is C58H38N4. The van der Waals surface area contributed by atoms with Crippen molar-refractivity contribution in [2.45, 2.75) is 0 Å². The molecular weight excluding hydrogens is 753 g/mol. The van der Waals surface area contributed by atoms with E-state index in [1.807, 2.05) is 24.3 Å². The van der Waals surface area contributed by atoms with Gasteiger partial charge >= 0.3 is 0 Å². The molecule has 0 bridgehead atoms. The summed E-state index contributed by atoms with van der Waals surface area (Å²) in [5.41, 5.74) is 15.8. The van der Waals surface area contributed by atoms with Crippen LogP contribution in [0.3, 0.4) is 0 Å². The summed E-state index contributed by atoms with van der Waals surface area (Å²) in [6.07, 6.45) is 0. The van der Waals surface area contributed by atoms with Crippen LogP contribution in [0.4, 0.5) is 0 Å². The molecule has 0 aliphatic rings. The van der Waals surface area contributed by atoms with Gasteiger partial charge in [0.05, 0.1) is 27.8 Å². The molecule has 290 valence electrons. The second-order valence-electron chi connectivity index (χ2n) is 15.8. The van der Waals surface area contributed by atoms with Gasteiger partial charge in [0.15, 0.2) is 5.82 Å². The summed E-state index contributed by atoms with van der Waals surface area (Å²) >= 11 is 0. The third-order valence-electron chi connectivity index (χ3n) is 12.2. The van der Waals surface area contributed by atoms with E-state index >= 15 is 0 Å². The third kappa shape index (κ3) is 6.08. The predicted octanol–water partition coefficient (Wildman–Crippen LogP) is 15.0. The van der Waals surface area contributed by atoms with Crippen molar-refractivity contribution in [3.63, 3.8) is 0 Å². The van der Waals surface area contributed by atoms with Gasteiger partial charge in [0.25, 0.3) is 0 Å². The average molecular weight is 791 g/mol. The summed E-state index contributed by atoms with van der Waals surface area (Å²) < 4.78 is 4.69. The van der Waals surface area contributed by atoms with Crippen molar-refractivity contribution in [3.8, 4) is 67.5 Å². The molecule has 0 saturated carbocycles. The van der Waals surface area contributed by atoms with Crippen molar-refractivity contribution >= 4 is 43.6 Å². The normalized spacial score (nSPS) is 11.5. The number of nitrogens with zero attached hydrogens (tertiary/aromatic N) is 4. The Morgan fingerprint density at radius 1 is 0.258 bits per heavy atom. The largest absolute Gasteiger partial charge is 0.309 e. The highest BCUT2D eigenvalue weighted by molar-refractivity contribution is 6.12. The Balaban J connectivity index is 0.968. The van der Waals surface area contributed by atoms with Crippen LogP contribution in [0.25, 0.3) is 111 Å². The summed E-state index contributed by atoms with van der Waals surface area (Å²) in [6, 6.07) is 82.2. The molecule has 62 heavy (non-hydrogen) atoms. The topological polar surface area (TPSA) is 35.6 Å². The highest BCUT2D eigenvalue weighted by Gasteiger charge is 2.19. The zero-order chi connectivity index (χ0) is 41.0. The zero-order valence-electron chi connectivity index (χ0n) is 33.7. The summed E-state index contributed by atoms with van der Waals surface area (Å²) in [5.74, 6) is 1.53. The van der Waals surface area contributed by atoms with Gasteiger partial charge in [-0.15, -0.1) is 0 Å².